The summed E-state index contributed by atoms with van der Waals surface area (Å²) in [4.78, 5) is 26.9. The number of rotatable bonds is 7. The largest absolute Gasteiger partial charge is 0.469 e. The van der Waals surface area contributed by atoms with Crippen LogP contribution in [0.3, 0.4) is 0 Å². The summed E-state index contributed by atoms with van der Waals surface area (Å²) >= 11 is 0. The molecule has 0 aliphatic carbocycles. The second-order valence-electron chi connectivity index (χ2n) is 8.70. The van der Waals surface area contributed by atoms with Gasteiger partial charge in [0.25, 0.3) is 5.91 Å². The van der Waals surface area contributed by atoms with Crippen molar-refractivity contribution in [1.29, 1.82) is 0 Å². The second kappa shape index (κ2) is 10.5. The summed E-state index contributed by atoms with van der Waals surface area (Å²) in [6.07, 6.45) is 4.53. The molecule has 2 heterocycles. The lowest BCUT2D eigenvalue weighted by atomic mass is 10.1. The van der Waals surface area contributed by atoms with E-state index in [1.54, 1.807) is 0 Å². The number of para-hydroxylation sites is 2. The number of benzene rings is 2. The third-order valence-corrected chi connectivity index (χ3v) is 6.47. The maximum absolute atomic E-state index is 13.0. The number of anilines is 2. The van der Waals surface area contributed by atoms with Crippen molar-refractivity contribution in [2.75, 3.05) is 30.4 Å². The van der Waals surface area contributed by atoms with E-state index in [4.69, 9.17) is 4.74 Å². The molecule has 2 aromatic carbocycles. The molecule has 1 N–H and O–H groups in total. The smallest absolute Gasteiger partial charge is 0.305 e. The summed E-state index contributed by atoms with van der Waals surface area (Å²) in [6, 6.07) is 15.4. The zero-order chi connectivity index (χ0) is 24.1. The van der Waals surface area contributed by atoms with Gasteiger partial charge in [-0.15, -0.1) is 0 Å². The first kappa shape index (κ1) is 23.5. The number of hydrogen-bond donors (Lipinski definition) is 1. The normalized spacial score (nSPS) is 13.6. The Morgan fingerprint density at radius 1 is 1.00 bits per heavy atom. The predicted molar refractivity (Wildman–Crippen MR) is 134 cm³/mol. The van der Waals surface area contributed by atoms with Gasteiger partial charge in [0.1, 0.15) is 0 Å². The first-order valence-corrected chi connectivity index (χ1v) is 11.9. The van der Waals surface area contributed by atoms with E-state index in [9.17, 15) is 9.59 Å². The van der Waals surface area contributed by atoms with Crippen LogP contribution < -0.4 is 10.2 Å². The van der Waals surface area contributed by atoms with Crippen LogP contribution in [0.25, 0.3) is 5.69 Å². The molecule has 1 aliphatic rings. The lowest BCUT2D eigenvalue weighted by Gasteiger charge is -2.30. The van der Waals surface area contributed by atoms with Crippen molar-refractivity contribution in [3.05, 3.63) is 71.0 Å². The lowest BCUT2D eigenvalue weighted by Crippen LogP contribution is -2.30. The van der Waals surface area contributed by atoms with Gasteiger partial charge >= 0.3 is 5.97 Å². The maximum Gasteiger partial charge on any atom is 0.305 e. The van der Waals surface area contributed by atoms with E-state index < -0.39 is 0 Å². The second-order valence-corrected chi connectivity index (χ2v) is 8.70. The summed E-state index contributed by atoms with van der Waals surface area (Å²) < 4.78 is 6.61. The number of aromatic nitrogens is 2. The van der Waals surface area contributed by atoms with Gasteiger partial charge in [0.2, 0.25) is 0 Å². The lowest BCUT2D eigenvalue weighted by molar-refractivity contribution is -0.140. The van der Waals surface area contributed by atoms with E-state index >= 15 is 0 Å². The van der Waals surface area contributed by atoms with Gasteiger partial charge in [-0.3, -0.25) is 9.59 Å². The van der Waals surface area contributed by atoms with E-state index in [0.717, 1.165) is 47.1 Å². The molecule has 34 heavy (non-hydrogen) atoms. The van der Waals surface area contributed by atoms with Gasteiger partial charge in [0.15, 0.2) is 0 Å². The van der Waals surface area contributed by atoms with E-state index in [2.05, 4.69) is 21.4 Å². The fourth-order valence-corrected chi connectivity index (χ4v) is 4.56. The molecule has 1 amide bonds. The minimum absolute atomic E-state index is 0.136. The highest BCUT2D eigenvalue weighted by atomic mass is 16.5. The Morgan fingerprint density at radius 2 is 1.71 bits per heavy atom. The Balaban J connectivity index is 1.49. The molecular formula is C27H32N4O3. The van der Waals surface area contributed by atoms with Crippen LogP contribution in [-0.2, 0) is 16.0 Å². The quantitative estimate of drug-likeness (QED) is 0.511. The SMILES string of the molecule is COC(=O)CCc1c(C)nn(-c2ccc(C(=O)Nc3ccccc3N3CCCCC3)cc2)c1C. The summed E-state index contributed by atoms with van der Waals surface area (Å²) in [5, 5.41) is 7.74. The van der Waals surface area contributed by atoms with E-state index in [-0.39, 0.29) is 11.9 Å². The molecule has 1 aliphatic heterocycles. The number of amides is 1. The molecule has 1 saturated heterocycles. The number of esters is 1. The highest BCUT2D eigenvalue weighted by molar-refractivity contribution is 6.06. The van der Waals surface area contributed by atoms with Crippen molar-refractivity contribution in [2.45, 2.75) is 46.0 Å². The minimum Gasteiger partial charge on any atom is -0.469 e. The third kappa shape index (κ3) is 5.14. The van der Waals surface area contributed by atoms with Gasteiger partial charge in [-0.05, 0) is 81.5 Å². The predicted octanol–water partition coefficient (Wildman–Crippen LogP) is 4.84. The third-order valence-electron chi connectivity index (χ3n) is 6.47. The Kier molecular flexibility index (Phi) is 7.30. The molecule has 0 atom stereocenters. The molecule has 0 unspecified atom stereocenters. The summed E-state index contributed by atoms with van der Waals surface area (Å²) in [5.41, 5.74) is 6.29. The average Bonchev–Trinajstić information content (AvgIpc) is 3.16. The summed E-state index contributed by atoms with van der Waals surface area (Å²) in [6.45, 7) is 5.97. The Hall–Kier alpha value is -3.61. The number of nitrogens with one attached hydrogen (secondary N) is 1. The maximum atomic E-state index is 13.0. The van der Waals surface area contributed by atoms with E-state index in [1.165, 1.54) is 26.4 Å². The number of hydrogen-bond acceptors (Lipinski definition) is 5. The molecule has 0 spiro atoms. The van der Waals surface area contributed by atoms with Crippen LogP contribution in [0, 0.1) is 13.8 Å². The summed E-state index contributed by atoms with van der Waals surface area (Å²) in [7, 11) is 1.40. The highest BCUT2D eigenvalue weighted by Gasteiger charge is 2.17. The van der Waals surface area contributed by atoms with Crippen molar-refractivity contribution in [2.24, 2.45) is 0 Å². The van der Waals surface area contributed by atoms with Crippen LogP contribution in [0.15, 0.2) is 48.5 Å². The van der Waals surface area contributed by atoms with Gasteiger partial charge in [-0.1, -0.05) is 12.1 Å². The summed E-state index contributed by atoms with van der Waals surface area (Å²) in [5.74, 6) is -0.369. The minimum atomic E-state index is -0.233. The number of carbonyl (C=O) groups excluding carboxylic acids is 2. The van der Waals surface area contributed by atoms with Crippen LogP contribution in [-0.4, -0.2) is 41.9 Å². The topological polar surface area (TPSA) is 76.5 Å². The number of methoxy groups -OCH3 is 1. The highest BCUT2D eigenvalue weighted by Crippen LogP contribution is 2.29. The number of aryl methyl sites for hydroxylation is 1. The van der Waals surface area contributed by atoms with Crippen molar-refractivity contribution >= 4 is 23.3 Å². The van der Waals surface area contributed by atoms with E-state index in [0.29, 0.717) is 18.4 Å². The molecule has 0 saturated carbocycles. The average molecular weight is 461 g/mol. The van der Waals surface area contributed by atoms with Gasteiger partial charge < -0.3 is 15.0 Å². The van der Waals surface area contributed by atoms with Crippen LogP contribution in [0.5, 0.6) is 0 Å². The zero-order valence-corrected chi connectivity index (χ0v) is 20.1. The molecule has 1 fully saturated rings. The molecule has 7 nitrogen and oxygen atoms in total. The Morgan fingerprint density at radius 3 is 2.41 bits per heavy atom. The van der Waals surface area contributed by atoms with Gasteiger partial charge in [-0.25, -0.2) is 4.68 Å². The standard InChI is InChI=1S/C27H32N4O3/c1-19-23(15-16-26(32)34-3)20(2)31(29-19)22-13-11-21(12-14-22)27(33)28-24-9-5-6-10-25(24)30-17-7-4-8-18-30/h5-6,9-14H,4,7-8,15-18H2,1-3H3,(H,28,33). The Labute approximate surface area is 200 Å². The molecule has 0 bridgehead atoms. The molecule has 3 aromatic rings. The van der Waals surface area contributed by atoms with Gasteiger partial charge in [0, 0.05) is 30.8 Å². The fraction of sp³-hybridized carbons (Fsp3) is 0.370. The molecule has 1 aromatic heterocycles. The first-order chi connectivity index (χ1) is 16.5. The number of ether oxygens (including phenoxy) is 1. The Bertz CT molecular complexity index is 1160. The molecule has 4 rings (SSSR count). The van der Waals surface area contributed by atoms with E-state index in [1.807, 2.05) is 61.0 Å². The number of carbonyl (C=O) groups is 2. The molecular weight excluding hydrogens is 428 g/mol. The van der Waals surface area contributed by atoms with Gasteiger partial charge in [0.05, 0.1) is 29.9 Å². The van der Waals surface area contributed by atoms with Crippen LogP contribution in [0.1, 0.15) is 53.0 Å². The molecule has 7 heteroatoms. The number of nitrogens with zero attached hydrogens (tertiary/aromatic N) is 3. The first-order valence-electron chi connectivity index (χ1n) is 11.9. The van der Waals surface area contributed by atoms with Crippen LogP contribution >= 0.6 is 0 Å². The van der Waals surface area contributed by atoms with Crippen molar-refractivity contribution < 1.29 is 14.3 Å². The van der Waals surface area contributed by atoms with Crippen molar-refractivity contribution in [3.8, 4) is 5.69 Å². The zero-order valence-electron chi connectivity index (χ0n) is 20.1. The fourth-order valence-electron chi connectivity index (χ4n) is 4.56. The molecule has 178 valence electrons. The van der Waals surface area contributed by atoms with Crippen LogP contribution in [0.4, 0.5) is 11.4 Å². The monoisotopic (exact) mass is 460 g/mol. The van der Waals surface area contributed by atoms with Crippen LogP contribution in [0.2, 0.25) is 0 Å². The van der Waals surface area contributed by atoms with Gasteiger partial charge in [-0.2, -0.15) is 5.10 Å². The van der Waals surface area contributed by atoms with Crippen molar-refractivity contribution in [1.82, 2.24) is 9.78 Å². The van der Waals surface area contributed by atoms with Crippen molar-refractivity contribution in [3.63, 3.8) is 0 Å². The molecule has 0 radical (unpaired) electrons. The number of piperidine rings is 1.